The number of aryl methyl sites for hydroxylation is 1. The number of nitrogens with one attached hydrogen (secondary N) is 1. The minimum Gasteiger partial charge on any atom is -0.483 e. The molecule has 0 saturated heterocycles. The number of hydrogen-bond acceptors (Lipinski definition) is 3. The van der Waals surface area contributed by atoms with Crippen LogP contribution in [0.1, 0.15) is 22.8 Å². The molecule has 0 aromatic heterocycles. The number of ether oxygens (including phenoxy) is 1. The van der Waals surface area contributed by atoms with Crippen LogP contribution in [0.5, 0.6) is 5.75 Å². The number of nitrogens with two attached hydrogens (primary N) is 1. The molecule has 22 heavy (non-hydrogen) atoms. The normalized spacial score (nSPS) is 10.0. The van der Waals surface area contributed by atoms with Crippen LogP contribution in [0.15, 0.2) is 48.5 Å². The number of carbonyl (C=O) groups excluding carboxylic acids is 2. The molecular weight excluding hydrogens is 280 g/mol. The zero-order chi connectivity index (χ0) is 15.9. The third-order valence-electron chi connectivity index (χ3n) is 3.17. The Hall–Kier alpha value is -2.82. The predicted octanol–water partition coefficient (Wildman–Crippen LogP) is 2.37. The highest BCUT2D eigenvalue weighted by molar-refractivity contribution is 5.95. The van der Waals surface area contributed by atoms with Gasteiger partial charge in [-0.2, -0.15) is 0 Å². The zero-order valence-electron chi connectivity index (χ0n) is 12.3. The molecule has 0 bridgehead atoms. The van der Waals surface area contributed by atoms with E-state index in [2.05, 4.69) is 5.32 Å². The molecule has 0 spiro atoms. The van der Waals surface area contributed by atoms with Crippen LogP contribution in [0.25, 0.3) is 0 Å². The first-order valence-corrected chi connectivity index (χ1v) is 7.00. The van der Waals surface area contributed by atoms with Gasteiger partial charge in [0.15, 0.2) is 6.61 Å². The van der Waals surface area contributed by atoms with Crippen LogP contribution < -0.4 is 15.8 Å². The Morgan fingerprint density at radius 2 is 1.77 bits per heavy atom. The van der Waals surface area contributed by atoms with E-state index in [4.69, 9.17) is 10.5 Å². The second kappa shape index (κ2) is 7.26. The van der Waals surface area contributed by atoms with Gasteiger partial charge in [0, 0.05) is 11.3 Å². The zero-order valence-corrected chi connectivity index (χ0v) is 12.3. The average Bonchev–Trinajstić information content (AvgIpc) is 2.53. The number of primary amides is 1. The monoisotopic (exact) mass is 298 g/mol. The lowest BCUT2D eigenvalue weighted by Crippen LogP contribution is -2.20. The highest BCUT2D eigenvalue weighted by Gasteiger charge is 2.07. The second-order valence-corrected chi connectivity index (χ2v) is 4.74. The Kier molecular flexibility index (Phi) is 5.14. The molecule has 5 heteroatoms. The van der Waals surface area contributed by atoms with Gasteiger partial charge in [-0.3, -0.25) is 9.59 Å². The van der Waals surface area contributed by atoms with E-state index in [1.807, 2.05) is 31.2 Å². The smallest absolute Gasteiger partial charge is 0.262 e. The van der Waals surface area contributed by atoms with E-state index < -0.39 is 5.91 Å². The average molecular weight is 298 g/mol. The summed E-state index contributed by atoms with van der Waals surface area (Å²) in [7, 11) is 0. The molecule has 0 radical (unpaired) electrons. The molecule has 0 unspecified atom stereocenters. The Morgan fingerprint density at radius 1 is 1.09 bits per heavy atom. The minimum absolute atomic E-state index is 0.0748. The summed E-state index contributed by atoms with van der Waals surface area (Å²) < 4.78 is 5.54. The maximum absolute atomic E-state index is 11.9. The van der Waals surface area contributed by atoms with Crippen molar-refractivity contribution in [1.82, 2.24) is 0 Å². The van der Waals surface area contributed by atoms with Crippen LogP contribution >= 0.6 is 0 Å². The number of para-hydroxylation sites is 1. The molecule has 2 rings (SSSR count). The molecular formula is C17H18N2O3. The molecule has 0 aliphatic rings. The molecule has 0 saturated carbocycles. The van der Waals surface area contributed by atoms with Crippen LogP contribution in [-0.2, 0) is 11.2 Å². The SMILES string of the molecule is CCc1ccccc1OCC(=O)Nc1ccc(C(N)=O)cc1. The van der Waals surface area contributed by atoms with Crippen molar-refractivity contribution in [3.63, 3.8) is 0 Å². The third-order valence-corrected chi connectivity index (χ3v) is 3.17. The van der Waals surface area contributed by atoms with Gasteiger partial charge in [-0.05, 0) is 42.3 Å². The summed E-state index contributed by atoms with van der Waals surface area (Å²) in [5.41, 5.74) is 7.19. The van der Waals surface area contributed by atoms with Crippen LogP contribution in [0.3, 0.4) is 0 Å². The van der Waals surface area contributed by atoms with Gasteiger partial charge in [-0.15, -0.1) is 0 Å². The van der Waals surface area contributed by atoms with Gasteiger partial charge in [0.2, 0.25) is 5.91 Å². The quantitative estimate of drug-likeness (QED) is 0.859. The first-order chi connectivity index (χ1) is 10.6. The lowest BCUT2D eigenvalue weighted by Gasteiger charge is -2.10. The van der Waals surface area contributed by atoms with Crippen molar-refractivity contribution in [2.75, 3.05) is 11.9 Å². The van der Waals surface area contributed by atoms with Crippen molar-refractivity contribution in [2.45, 2.75) is 13.3 Å². The van der Waals surface area contributed by atoms with Gasteiger partial charge in [0.25, 0.3) is 5.91 Å². The topological polar surface area (TPSA) is 81.4 Å². The molecule has 114 valence electrons. The van der Waals surface area contributed by atoms with Gasteiger partial charge < -0.3 is 15.8 Å². The molecule has 2 aromatic rings. The van der Waals surface area contributed by atoms with Gasteiger partial charge >= 0.3 is 0 Å². The number of benzene rings is 2. The van der Waals surface area contributed by atoms with Gasteiger partial charge in [-0.25, -0.2) is 0 Å². The summed E-state index contributed by atoms with van der Waals surface area (Å²) in [6, 6.07) is 14.0. The molecule has 2 amide bonds. The molecule has 0 atom stereocenters. The minimum atomic E-state index is -0.502. The molecule has 0 fully saturated rings. The molecule has 5 nitrogen and oxygen atoms in total. The summed E-state index contributed by atoms with van der Waals surface area (Å²) in [5, 5.41) is 2.70. The maximum Gasteiger partial charge on any atom is 0.262 e. The Bertz CT molecular complexity index is 666. The van der Waals surface area contributed by atoms with Crippen LogP contribution in [-0.4, -0.2) is 18.4 Å². The second-order valence-electron chi connectivity index (χ2n) is 4.74. The van der Waals surface area contributed by atoms with Crippen molar-refractivity contribution in [3.05, 3.63) is 59.7 Å². The lowest BCUT2D eigenvalue weighted by atomic mass is 10.1. The van der Waals surface area contributed by atoms with Gasteiger partial charge in [0.05, 0.1) is 0 Å². The third kappa shape index (κ3) is 4.09. The fraction of sp³-hybridized carbons (Fsp3) is 0.176. The molecule has 0 heterocycles. The van der Waals surface area contributed by atoms with Crippen molar-refractivity contribution in [3.8, 4) is 5.75 Å². The summed E-state index contributed by atoms with van der Waals surface area (Å²) in [5.74, 6) is -0.0562. The standard InChI is InChI=1S/C17H18N2O3/c1-2-12-5-3-4-6-15(12)22-11-16(20)19-14-9-7-13(8-10-14)17(18)21/h3-10H,2,11H2,1H3,(H2,18,21)(H,19,20). The Morgan fingerprint density at radius 3 is 2.41 bits per heavy atom. The van der Waals surface area contributed by atoms with Crippen LogP contribution in [0.2, 0.25) is 0 Å². The van der Waals surface area contributed by atoms with E-state index in [0.29, 0.717) is 17.0 Å². The summed E-state index contributed by atoms with van der Waals surface area (Å²) in [6.07, 6.45) is 0.840. The summed E-state index contributed by atoms with van der Waals surface area (Å²) >= 11 is 0. The van der Waals surface area contributed by atoms with E-state index in [-0.39, 0.29) is 12.5 Å². The van der Waals surface area contributed by atoms with Gasteiger partial charge in [0.1, 0.15) is 5.75 Å². The Balaban J connectivity index is 1.91. The first-order valence-electron chi connectivity index (χ1n) is 7.00. The van der Waals surface area contributed by atoms with Gasteiger partial charge in [-0.1, -0.05) is 25.1 Å². The van der Waals surface area contributed by atoms with E-state index in [1.54, 1.807) is 24.3 Å². The highest BCUT2D eigenvalue weighted by Crippen LogP contribution is 2.18. The fourth-order valence-corrected chi connectivity index (χ4v) is 1.99. The summed E-state index contributed by atoms with van der Waals surface area (Å²) in [4.78, 5) is 22.8. The lowest BCUT2D eigenvalue weighted by molar-refractivity contribution is -0.118. The maximum atomic E-state index is 11.9. The van der Waals surface area contributed by atoms with E-state index in [1.165, 1.54) is 0 Å². The summed E-state index contributed by atoms with van der Waals surface area (Å²) in [6.45, 7) is 1.96. The van der Waals surface area contributed by atoms with Crippen LogP contribution in [0, 0.1) is 0 Å². The van der Waals surface area contributed by atoms with E-state index >= 15 is 0 Å². The Labute approximate surface area is 129 Å². The first kappa shape index (κ1) is 15.6. The fourth-order valence-electron chi connectivity index (χ4n) is 1.99. The highest BCUT2D eigenvalue weighted by atomic mass is 16.5. The van der Waals surface area contributed by atoms with Crippen molar-refractivity contribution >= 4 is 17.5 Å². The number of carbonyl (C=O) groups is 2. The molecule has 0 aliphatic heterocycles. The van der Waals surface area contributed by atoms with Crippen molar-refractivity contribution < 1.29 is 14.3 Å². The van der Waals surface area contributed by atoms with E-state index in [0.717, 1.165) is 12.0 Å². The predicted molar refractivity (Wildman–Crippen MR) is 84.9 cm³/mol. The number of hydrogen-bond donors (Lipinski definition) is 2. The number of rotatable bonds is 6. The molecule has 0 aliphatic carbocycles. The van der Waals surface area contributed by atoms with Crippen molar-refractivity contribution in [1.29, 1.82) is 0 Å². The number of anilines is 1. The largest absolute Gasteiger partial charge is 0.483 e. The molecule has 2 aromatic carbocycles. The molecule has 3 N–H and O–H groups in total. The van der Waals surface area contributed by atoms with E-state index in [9.17, 15) is 9.59 Å². The number of amides is 2. The van der Waals surface area contributed by atoms with Crippen molar-refractivity contribution in [2.24, 2.45) is 5.73 Å². The van der Waals surface area contributed by atoms with Crippen LogP contribution in [0.4, 0.5) is 5.69 Å².